The van der Waals surface area contributed by atoms with Gasteiger partial charge in [0.2, 0.25) is 6.79 Å². The van der Waals surface area contributed by atoms with Gasteiger partial charge in [0.15, 0.2) is 11.5 Å². The average molecular weight is 321 g/mol. The Kier molecular flexibility index (Phi) is 3.08. The number of hydrogen-bond acceptors (Lipinski definition) is 4. The van der Waals surface area contributed by atoms with Gasteiger partial charge in [0.1, 0.15) is 5.69 Å². The Bertz CT molecular complexity index is 628. The number of ether oxygens (including phenoxy) is 2. The molecule has 0 spiro atoms. The van der Waals surface area contributed by atoms with E-state index < -0.39 is 0 Å². The van der Waals surface area contributed by atoms with Gasteiger partial charge in [0.25, 0.3) is 5.91 Å². The summed E-state index contributed by atoms with van der Waals surface area (Å²) in [5.41, 5.74) is 0.986. The number of nitrogens with zero attached hydrogens (tertiary/aromatic N) is 1. The van der Waals surface area contributed by atoms with Crippen LogP contribution in [0.25, 0.3) is 0 Å². The summed E-state index contributed by atoms with van der Waals surface area (Å²) in [5.74, 6) is 1.03. The van der Waals surface area contributed by atoms with Crippen molar-refractivity contribution < 1.29 is 14.3 Å². The van der Waals surface area contributed by atoms with Crippen LogP contribution < -0.4 is 14.8 Å². The fourth-order valence-electron chi connectivity index (χ4n) is 1.68. The van der Waals surface area contributed by atoms with Gasteiger partial charge in [-0.05, 0) is 40.2 Å². The van der Waals surface area contributed by atoms with Crippen molar-refractivity contribution in [2.45, 2.75) is 0 Å². The lowest BCUT2D eigenvalue weighted by Gasteiger charge is -2.05. The number of aromatic nitrogens is 1. The van der Waals surface area contributed by atoms with Gasteiger partial charge in [-0.2, -0.15) is 0 Å². The number of carbonyl (C=O) groups excluding carboxylic acids is 1. The van der Waals surface area contributed by atoms with E-state index in [9.17, 15) is 4.79 Å². The van der Waals surface area contributed by atoms with Crippen molar-refractivity contribution in [2.24, 2.45) is 0 Å². The third kappa shape index (κ3) is 2.53. The summed E-state index contributed by atoms with van der Waals surface area (Å²) in [4.78, 5) is 16.0. The van der Waals surface area contributed by atoms with Gasteiger partial charge in [-0.1, -0.05) is 0 Å². The van der Waals surface area contributed by atoms with Crippen molar-refractivity contribution in [3.05, 3.63) is 46.7 Å². The first-order valence-electron chi connectivity index (χ1n) is 5.55. The summed E-state index contributed by atoms with van der Waals surface area (Å²) in [6.45, 7) is 0.209. The number of amides is 1. The Labute approximate surface area is 117 Å². The van der Waals surface area contributed by atoms with E-state index in [1.54, 1.807) is 36.5 Å². The molecule has 0 saturated heterocycles. The van der Waals surface area contributed by atoms with Crippen molar-refractivity contribution in [1.82, 2.24) is 4.98 Å². The number of halogens is 1. The number of nitrogens with one attached hydrogen (secondary N) is 1. The van der Waals surface area contributed by atoms with Crippen LogP contribution in [0.1, 0.15) is 10.5 Å². The summed E-state index contributed by atoms with van der Waals surface area (Å²) in [5, 5.41) is 2.76. The van der Waals surface area contributed by atoms with E-state index in [2.05, 4.69) is 26.2 Å². The summed E-state index contributed by atoms with van der Waals surface area (Å²) in [6, 6.07) is 8.64. The standard InChI is InChI=1S/C13H9BrN2O3/c14-8-1-3-10(15-6-8)13(17)16-9-2-4-11-12(5-9)19-7-18-11/h1-6H,7H2,(H,16,17). The molecular formula is C13H9BrN2O3. The number of rotatable bonds is 2. The topological polar surface area (TPSA) is 60.5 Å². The van der Waals surface area contributed by atoms with Crippen LogP contribution in [-0.2, 0) is 0 Å². The lowest BCUT2D eigenvalue weighted by atomic mass is 10.2. The highest BCUT2D eigenvalue weighted by molar-refractivity contribution is 9.10. The molecule has 6 heteroatoms. The molecule has 2 heterocycles. The molecule has 1 aromatic heterocycles. The van der Waals surface area contributed by atoms with E-state index in [4.69, 9.17) is 9.47 Å². The minimum absolute atomic E-state index is 0.209. The molecule has 0 unspecified atom stereocenters. The van der Waals surface area contributed by atoms with Gasteiger partial charge in [-0.15, -0.1) is 0 Å². The number of anilines is 1. The second kappa shape index (κ2) is 4.89. The summed E-state index contributed by atoms with van der Waals surface area (Å²) in [6.07, 6.45) is 1.58. The summed E-state index contributed by atoms with van der Waals surface area (Å²) < 4.78 is 11.3. The van der Waals surface area contributed by atoms with Gasteiger partial charge in [-0.3, -0.25) is 4.79 Å². The molecule has 0 bridgehead atoms. The fraction of sp³-hybridized carbons (Fsp3) is 0.0769. The number of carbonyl (C=O) groups is 1. The molecule has 0 fully saturated rings. The van der Waals surface area contributed by atoms with Crippen LogP contribution in [0.5, 0.6) is 11.5 Å². The van der Waals surface area contributed by atoms with Crippen molar-refractivity contribution in [3.8, 4) is 11.5 Å². The molecule has 1 aliphatic heterocycles. The molecule has 1 amide bonds. The first-order chi connectivity index (χ1) is 9.22. The highest BCUT2D eigenvalue weighted by Gasteiger charge is 2.14. The summed E-state index contributed by atoms with van der Waals surface area (Å²) in [7, 11) is 0. The number of benzene rings is 1. The van der Waals surface area contributed by atoms with Crippen molar-refractivity contribution in [3.63, 3.8) is 0 Å². The zero-order chi connectivity index (χ0) is 13.2. The first kappa shape index (κ1) is 12.0. The van der Waals surface area contributed by atoms with Crippen molar-refractivity contribution in [2.75, 3.05) is 12.1 Å². The predicted molar refractivity (Wildman–Crippen MR) is 72.5 cm³/mol. The Morgan fingerprint density at radius 3 is 2.84 bits per heavy atom. The second-order valence-corrected chi connectivity index (χ2v) is 4.80. The summed E-state index contributed by atoms with van der Waals surface area (Å²) >= 11 is 3.27. The highest BCUT2D eigenvalue weighted by Crippen LogP contribution is 2.34. The van der Waals surface area contributed by atoms with Crippen LogP contribution in [0.4, 0.5) is 5.69 Å². The molecular weight excluding hydrogens is 312 g/mol. The minimum atomic E-state index is -0.272. The zero-order valence-electron chi connectivity index (χ0n) is 9.72. The molecule has 1 aliphatic rings. The van der Waals surface area contributed by atoms with E-state index in [1.165, 1.54) is 0 Å². The van der Waals surface area contributed by atoms with Crippen LogP contribution in [0.2, 0.25) is 0 Å². The maximum absolute atomic E-state index is 12.0. The van der Waals surface area contributed by atoms with E-state index in [0.717, 1.165) is 4.47 Å². The molecule has 2 aromatic rings. The lowest BCUT2D eigenvalue weighted by Crippen LogP contribution is -2.13. The van der Waals surface area contributed by atoms with E-state index in [-0.39, 0.29) is 12.7 Å². The van der Waals surface area contributed by atoms with Gasteiger partial charge in [0.05, 0.1) is 0 Å². The molecule has 96 valence electrons. The van der Waals surface area contributed by atoms with Crippen LogP contribution in [0, 0.1) is 0 Å². The molecule has 0 radical (unpaired) electrons. The van der Waals surface area contributed by atoms with Crippen LogP contribution >= 0.6 is 15.9 Å². The smallest absolute Gasteiger partial charge is 0.274 e. The third-order valence-electron chi connectivity index (χ3n) is 2.59. The van der Waals surface area contributed by atoms with Gasteiger partial charge in [0, 0.05) is 22.4 Å². The molecule has 5 nitrogen and oxygen atoms in total. The molecule has 0 atom stereocenters. The predicted octanol–water partition coefficient (Wildman–Crippen LogP) is 2.83. The zero-order valence-corrected chi connectivity index (χ0v) is 11.3. The molecule has 1 aromatic carbocycles. The maximum Gasteiger partial charge on any atom is 0.274 e. The largest absolute Gasteiger partial charge is 0.454 e. The Morgan fingerprint density at radius 1 is 1.21 bits per heavy atom. The Morgan fingerprint density at radius 2 is 2.05 bits per heavy atom. The number of fused-ring (bicyclic) bond motifs is 1. The van der Waals surface area contributed by atoms with Gasteiger partial charge < -0.3 is 14.8 Å². The van der Waals surface area contributed by atoms with Crippen LogP contribution in [0.15, 0.2) is 41.0 Å². The van der Waals surface area contributed by atoms with Crippen LogP contribution in [0.3, 0.4) is 0 Å². The van der Waals surface area contributed by atoms with E-state index in [0.29, 0.717) is 22.9 Å². The quantitative estimate of drug-likeness (QED) is 0.924. The van der Waals surface area contributed by atoms with Crippen molar-refractivity contribution >= 4 is 27.5 Å². The molecule has 0 aliphatic carbocycles. The molecule has 19 heavy (non-hydrogen) atoms. The normalized spacial score (nSPS) is 12.3. The van der Waals surface area contributed by atoms with Crippen molar-refractivity contribution in [1.29, 1.82) is 0 Å². The second-order valence-electron chi connectivity index (χ2n) is 3.88. The molecule has 0 saturated carbocycles. The minimum Gasteiger partial charge on any atom is -0.454 e. The maximum atomic E-state index is 12.0. The first-order valence-corrected chi connectivity index (χ1v) is 6.34. The van der Waals surface area contributed by atoms with Gasteiger partial charge in [-0.25, -0.2) is 4.98 Å². The molecule has 3 rings (SSSR count). The number of hydrogen-bond donors (Lipinski definition) is 1. The van der Waals surface area contributed by atoms with Gasteiger partial charge >= 0.3 is 0 Å². The third-order valence-corrected chi connectivity index (χ3v) is 3.06. The lowest BCUT2D eigenvalue weighted by molar-refractivity contribution is 0.102. The Hall–Kier alpha value is -2.08. The fourth-order valence-corrected chi connectivity index (χ4v) is 1.91. The van der Waals surface area contributed by atoms with E-state index >= 15 is 0 Å². The SMILES string of the molecule is O=C(Nc1ccc2c(c1)OCO2)c1ccc(Br)cn1. The number of pyridine rings is 1. The van der Waals surface area contributed by atoms with Crippen LogP contribution in [-0.4, -0.2) is 17.7 Å². The Balaban J connectivity index is 1.77. The monoisotopic (exact) mass is 320 g/mol. The van der Waals surface area contributed by atoms with E-state index in [1.807, 2.05) is 0 Å². The average Bonchev–Trinajstić information content (AvgIpc) is 2.87. The highest BCUT2D eigenvalue weighted by atomic mass is 79.9. The molecule has 1 N–H and O–H groups in total.